The van der Waals surface area contributed by atoms with Crippen LogP contribution in [-0.2, 0) is 4.74 Å². The first-order chi connectivity index (χ1) is 10.1. The van der Waals surface area contributed by atoms with Crippen LogP contribution in [0.4, 0.5) is 5.69 Å². The van der Waals surface area contributed by atoms with Crippen molar-refractivity contribution in [3.8, 4) is 5.88 Å². The van der Waals surface area contributed by atoms with Crippen molar-refractivity contribution in [2.24, 2.45) is 4.99 Å². The molecule has 0 unspecified atom stereocenters. The van der Waals surface area contributed by atoms with Crippen LogP contribution in [0, 0.1) is 0 Å². The molecule has 0 spiro atoms. The van der Waals surface area contributed by atoms with E-state index in [1.54, 1.807) is 0 Å². The molecule has 2 aromatic rings. The highest BCUT2D eigenvalue weighted by Gasteiger charge is 2.22. The molecule has 3 N–H and O–H groups in total. The quantitative estimate of drug-likeness (QED) is 0.834. The van der Waals surface area contributed by atoms with Gasteiger partial charge in [0.05, 0.1) is 36.6 Å². The highest BCUT2D eigenvalue weighted by molar-refractivity contribution is 6.14. The lowest BCUT2D eigenvalue weighted by Gasteiger charge is -2.11. The summed E-state index contributed by atoms with van der Waals surface area (Å²) in [6, 6.07) is 5.90. The summed E-state index contributed by atoms with van der Waals surface area (Å²) >= 11 is 0. The van der Waals surface area contributed by atoms with Crippen LogP contribution < -0.4 is 5.73 Å². The maximum atomic E-state index is 10.7. The summed E-state index contributed by atoms with van der Waals surface area (Å²) in [5.74, 6) is 0.270. The number of anilines is 1. The maximum Gasteiger partial charge on any atom is 0.201 e. The molecular weight excluding hydrogens is 266 g/mol. The summed E-state index contributed by atoms with van der Waals surface area (Å²) < 4.78 is 7.38. The predicted molar refractivity (Wildman–Crippen MR) is 85.2 cm³/mol. The zero-order valence-electron chi connectivity index (χ0n) is 12.5. The van der Waals surface area contributed by atoms with E-state index in [0.29, 0.717) is 31.9 Å². The lowest BCUT2D eigenvalue weighted by molar-refractivity contribution is 0.153. The number of ether oxygens (including phenoxy) is 1. The molecule has 1 aliphatic rings. The Bertz CT molecular complexity index is 701. The van der Waals surface area contributed by atoms with Gasteiger partial charge in [-0.2, -0.15) is 0 Å². The number of rotatable bonds is 2. The molecule has 3 rings (SSSR count). The molecule has 21 heavy (non-hydrogen) atoms. The van der Waals surface area contributed by atoms with Gasteiger partial charge in [0.25, 0.3) is 0 Å². The maximum absolute atomic E-state index is 10.7. The number of benzene rings is 1. The van der Waals surface area contributed by atoms with Crippen LogP contribution in [0.2, 0.25) is 0 Å². The molecule has 112 valence electrons. The highest BCUT2D eigenvalue weighted by atomic mass is 16.5. The largest absolute Gasteiger partial charge is 0.494 e. The lowest BCUT2D eigenvalue weighted by atomic mass is 10.1. The Morgan fingerprint density at radius 1 is 1.33 bits per heavy atom. The summed E-state index contributed by atoms with van der Waals surface area (Å²) in [4.78, 5) is 4.58. The molecule has 5 nitrogen and oxygen atoms in total. The molecule has 1 aromatic carbocycles. The SMILES string of the molecule is CC(C)n1c(O)c(C2=NCCOCC2)c2cc(N)ccc21. The molecule has 0 atom stereocenters. The molecule has 0 amide bonds. The van der Waals surface area contributed by atoms with Crippen LogP contribution >= 0.6 is 0 Å². The number of nitrogens with two attached hydrogens (primary N) is 1. The van der Waals surface area contributed by atoms with Crippen LogP contribution in [0.25, 0.3) is 10.9 Å². The second kappa shape index (κ2) is 5.41. The van der Waals surface area contributed by atoms with Gasteiger partial charge in [0.15, 0.2) is 0 Å². The van der Waals surface area contributed by atoms with Crippen molar-refractivity contribution in [3.05, 3.63) is 23.8 Å². The van der Waals surface area contributed by atoms with Gasteiger partial charge >= 0.3 is 0 Å². The number of aromatic hydroxyl groups is 1. The van der Waals surface area contributed by atoms with Gasteiger partial charge in [0, 0.05) is 23.5 Å². The Kier molecular flexibility index (Phi) is 3.59. The molecule has 0 radical (unpaired) electrons. The molecule has 5 heteroatoms. The van der Waals surface area contributed by atoms with Crippen molar-refractivity contribution in [2.75, 3.05) is 25.5 Å². The van der Waals surface area contributed by atoms with Gasteiger partial charge in [-0.1, -0.05) is 0 Å². The smallest absolute Gasteiger partial charge is 0.201 e. The Morgan fingerprint density at radius 3 is 2.90 bits per heavy atom. The van der Waals surface area contributed by atoms with Gasteiger partial charge in [0.1, 0.15) is 0 Å². The minimum Gasteiger partial charge on any atom is -0.494 e. The minimum absolute atomic E-state index is 0.160. The van der Waals surface area contributed by atoms with Crippen molar-refractivity contribution in [1.82, 2.24) is 4.57 Å². The van der Waals surface area contributed by atoms with E-state index in [1.165, 1.54) is 0 Å². The fraction of sp³-hybridized carbons (Fsp3) is 0.438. The third kappa shape index (κ3) is 2.38. The van der Waals surface area contributed by atoms with Gasteiger partial charge in [-0.15, -0.1) is 0 Å². The number of nitrogens with zero attached hydrogens (tertiary/aromatic N) is 2. The second-order valence-electron chi connectivity index (χ2n) is 5.63. The summed E-state index contributed by atoms with van der Waals surface area (Å²) in [6.07, 6.45) is 0.708. The Hall–Kier alpha value is -2.01. The van der Waals surface area contributed by atoms with Crippen molar-refractivity contribution in [3.63, 3.8) is 0 Å². The average molecular weight is 287 g/mol. The van der Waals surface area contributed by atoms with Crippen molar-refractivity contribution < 1.29 is 9.84 Å². The molecule has 0 fully saturated rings. The van der Waals surface area contributed by atoms with Crippen LogP contribution in [0.5, 0.6) is 5.88 Å². The predicted octanol–water partition coefficient (Wildman–Crippen LogP) is 2.72. The Labute approximate surface area is 124 Å². The first-order valence-electron chi connectivity index (χ1n) is 7.33. The number of aromatic nitrogens is 1. The Morgan fingerprint density at radius 2 is 2.14 bits per heavy atom. The first-order valence-corrected chi connectivity index (χ1v) is 7.33. The van der Waals surface area contributed by atoms with Gasteiger partial charge in [-0.25, -0.2) is 0 Å². The zero-order valence-corrected chi connectivity index (χ0v) is 12.5. The van der Waals surface area contributed by atoms with Crippen LogP contribution in [-0.4, -0.2) is 35.1 Å². The molecule has 0 bridgehead atoms. The first kappa shape index (κ1) is 13.9. The van der Waals surface area contributed by atoms with E-state index >= 15 is 0 Å². The van der Waals surface area contributed by atoms with Gasteiger partial charge < -0.3 is 20.1 Å². The monoisotopic (exact) mass is 287 g/mol. The zero-order chi connectivity index (χ0) is 15.0. The molecule has 1 aromatic heterocycles. The summed E-state index contributed by atoms with van der Waals surface area (Å²) in [6.45, 7) is 6.00. The average Bonchev–Trinajstić information content (AvgIpc) is 2.61. The number of aliphatic imine (C=N–C) groups is 1. The number of fused-ring (bicyclic) bond motifs is 1. The van der Waals surface area contributed by atoms with Gasteiger partial charge in [0.2, 0.25) is 5.88 Å². The van der Waals surface area contributed by atoms with Crippen molar-refractivity contribution in [2.45, 2.75) is 26.3 Å². The van der Waals surface area contributed by atoms with E-state index in [4.69, 9.17) is 10.5 Å². The summed E-state index contributed by atoms with van der Waals surface area (Å²) in [5.41, 5.74) is 9.31. The van der Waals surface area contributed by atoms with Crippen molar-refractivity contribution >= 4 is 22.3 Å². The normalized spacial score (nSPS) is 16.2. The standard InChI is InChI=1S/C16H21N3O2/c1-10(2)19-14-4-3-11(17)9-12(14)15(16(19)20)13-5-7-21-8-6-18-13/h3-4,9-10,20H,5-8,17H2,1-2H3. The summed E-state index contributed by atoms with van der Waals surface area (Å²) in [5, 5.41) is 11.7. The lowest BCUT2D eigenvalue weighted by Crippen LogP contribution is -2.04. The molecular formula is C16H21N3O2. The van der Waals surface area contributed by atoms with Gasteiger partial charge in [-0.3, -0.25) is 4.99 Å². The number of hydrogen-bond acceptors (Lipinski definition) is 4. The van der Waals surface area contributed by atoms with E-state index in [0.717, 1.165) is 22.2 Å². The van der Waals surface area contributed by atoms with E-state index < -0.39 is 0 Å². The van der Waals surface area contributed by atoms with E-state index in [2.05, 4.69) is 18.8 Å². The van der Waals surface area contributed by atoms with E-state index in [-0.39, 0.29) is 11.9 Å². The fourth-order valence-electron chi connectivity index (χ4n) is 2.93. The number of nitrogen functional groups attached to an aromatic ring is 1. The van der Waals surface area contributed by atoms with Crippen LogP contribution in [0.1, 0.15) is 31.9 Å². The number of hydrogen-bond donors (Lipinski definition) is 2. The fourth-order valence-corrected chi connectivity index (χ4v) is 2.93. The molecule has 0 aliphatic carbocycles. The van der Waals surface area contributed by atoms with Crippen LogP contribution in [0.15, 0.2) is 23.2 Å². The third-order valence-electron chi connectivity index (χ3n) is 3.83. The van der Waals surface area contributed by atoms with Crippen molar-refractivity contribution in [1.29, 1.82) is 0 Å². The van der Waals surface area contributed by atoms with Crippen LogP contribution in [0.3, 0.4) is 0 Å². The van der Waals surface area contributed by atoms with Gasteiger partial charge in [-0.05, 0) is 32.0 Å². The molecule has 1 aliphatic heterocycles. The minimum atomic E-state index is 0.160. The molecule has 0 saturated carbocycles. The topological polar surface area (TPSA) is 72.8 Å². The summed E-state index contributed by atoms with van der Waals surface area (Å²) in [7, 11) is 0. The highest BCUT2D eigenvalue weighted by Crippen LogP contribution is 2.36. The second-order valence-corrected chi connectivity index (χ2v) is 5.63. The third-order valence-corrected chi connectivity index (χ3v) is 3.83. The van der Waals surface area contributed by atoms with E-state index in [9.17, 15) is 5.11 Å². The molecule has 0 saturated heterocycles. The van der Waals surface area contributed by atoms with E-state index in [1.807, 2.05) is 22.8 Å². The molecule has 2 heterocycles. The Balaban J connectivity index is 2.28.